The van der Waals surface area contributed by atoms with E-state index in [4.69, 9.17) is 0 Å². The molecule has 0 aromatic carbocycles. The van der Waals surface area contributed by atoms with Crippen molar-refractivity contribution in [3.8, 4) is 0 Å². The first-order chi connectivity index (χ1) is 7.77. The number of aromatic nitrogens is 1. The fourth-order valence-electron chi connectivity index (χ4n) is 1.48. The predicted molar refractivity (Wildman–Crippen MR) is 72.0 cm³/mol. The smallest absolute Gasteiger partial charge is 0.0989 e. The molecule has 1 N–H and O–H groups in total. The Morgan fingerprint density at radius 3 is 2.75 bits per heavy atom. The van der Waals surface area contributed by atoms with Crippen molar-refractivity contribution in [1.29, 1.82) is 0 Å². The van der Waals surface area contributed by atoms with Crippen LogP contribution in [-0.4, -0.2) is 17.3 Å². The van der Waals surface area contributed by atoms with Crippen LogP contribution >= 0.6 is 11.8 Å². The van der Waals surface area contributed by atoms with E-state index in [1.807, 2.05) is 18.0 Å². The van der Waals surface area contributed by atoms with Gasteiger partial charge < -0.3 is 5.32 Å². The van der Waals surface area contributed by atoms with E-state index in [1.165, 1.54) is 29.0 Å². The number of nitrogens with one attached hydrogen (secondary N) is 1. The van der Waals surface area contributed by atoms with Gasteiger partial charge in [-0.25, -0.2) is 4.98 Å². The normalized spacial score (nSPS) is 10.7. The van der Waals surface area contributed by atoms with Gasteiger partial charge in [-0.15, -0.1) is 11.8 Å². The molecule has 1 aromatic heterocycles. The Hall–Kier alpha value is -0.540. The molecule has 0 aliphatic carbocycles. The van der Waals surface area contributed by atoms with Crippen LogP contribution in [0.5, 0.6) is 0 Å². The van der Waals surface area contributed by atoms with E-state index in [0.29, 0.717) is 0 Å². The molecular weight excluding hydrogens is 216 g/mol. The van der Waals surface area contributed by atoms with Crippen LogP contribution < -0.4 is 5.32 Å². The predicted octanol–water partition coefficient (Wildman–Crippen LogP) is 3.39. The maximum Gasteiger partial charge on any atom is 0.0989 e. The Morgan fingerprint density at radius 1 is 1.31 bits per heavy atom. The van der Waals surface area contributed by atoms with Gasteiger partial charge in [-0.2, -0.15) is 0 Å². The minimum Gasteiger partial charge on any atom is -0.313 e. The molecule has 0 saturated carbocycles. The van der Waals surface area contributed by atoms with Gasteiger partial charge in [0.1, 0.15) is 0 Å². The molecule has 2 nitrogen and oxygen atoms in total. The van der Waals surface area contributed by atoms with E-state index in [2.05, 4.69) is 37.1 Å². The van der Waals surface area contributed by atoms with Gasteiger partial charge >= 0.3 is 0 Å². The lowest BCUT2D eigenvalue weighted by atomic mass is 10.2. The van der Waals surface area contributed by atoms with E-state index in [9.17, 15) is 0 Å². The van der Waals surface area contributed by atoms with Crippen molar-refractivity contribution in [2.45, 2.75) is 45.2 Å². The Morgan fingerprint density at radius 2 is 2.12 bits per heavy atom. The van der Waals surface area contributed by atoms with E-state index < -0.39 is 0 Å². The molecule has 3 heteroatoms. The number of thioether (sulfide) groups is 1. The maximum absolute atomic E-state index is 4.52. The van der Waals surface area contributed by atoms with Crippen molar-refractivity contribution < 1.29 is 0 Å². The highest BCUT2D eigenvalue weighted by atomic mass is 32.2. The standard InChI is InChI=1S/C13H22N2S/c1-4-6-14-9-12-8-11(3)13(15-10-12)16-7-5-2/h8,10,14H,4-7,9H2,1-3H3. The van der Waals surface area contributed by atoms with Crippen molar-refractivity contribution in [3.05, 3.63) is 23.4 Å². The third kappa shape index (κ3) is 4.54. The van der Waals surface area contributed by atoms with Crippen LogP contribution in [-0.2, 0) is 6.54 Å². The van der Waals surface area contributed by atoms with E-state index >= 15 is 0 Å². The van der Waals surface area contributed by atoms with Crippen molar-refractivity contribution in [3.63, 3.8) is 0 Å². The highest BCUT2D eigenvalue weighted by Crippen LogP contribution is 2.20. The first-order valence-corrected chi connectivity index (χ1v) is 7.05. The van der Waals surface area contributed by atoms with E-state index in [1.54, 1.807) is 0 Å². The lowest BCUT2D eigenvalue weighted by Gasteiger charge is -2.07. The van der Waals surface area contributed by atoms with Crippen molar-refractivity contribution in [1.82, 2.24) is 10.3 Å². The van der Waals surface area contributed by atoms with Gasteiger partial charge in [-0.3, -0.25) is 0 Å². The third-order valence-electron chi connectivity index (χ3n) is 2.29. The summed E-state index contributed by atoms with van der Waals surface area (Å²) in [4.78, 5) is 4.52. The topological polar surface area (TPSA) is 24.9 Å². The number of nitrogens with zero attached hydrogens (tertiary/aromatic N) is 1. The Balaban J connectivity index is 2.53. The van der Waals surface area contributed by atoms with Gasteiger partial charge in [0.25, 0.3) is 0 Å². The van der Waals surface area contributed by atoms with Gasteiger partial charge in [-0.1, -0.05) is 19.9 Å². The maximum atomic E-state index is 4.52. The average Bonchev–Trinajstić information content (AvgIpc) is 2.28. The largest absolute Gasteiger partial charge is 0.313 e. The minimum absolute atomic E-state index is 0.931. The fraction of sp³-hybridized carbons (Fsp3) is 0.615. The Labute approximate surface area is 103 Å². The van der Waals surface area contributed by atoms with Gasteiger partial charge in [-0.05, 0) is 43.2 Å². The van der Waals surface area contributed by atoms with Gasteiger partial charge in [0, 0.05) is 12.7 Å². The van der Waals surface area contributed by atoms with Gasteiger partial charge in [0.05, 0.1) is 5.03 Å². The molecule has 16 heavy (non-hydrogen) atoms. The number of rotatable bonds is 7. The molecule has 1 rings (SSSR count). The molecule has 1 aromatic rings. The van der Waals surface area contributed by atoms with Crippen LogP contribution in [0, 0.1) is 6.92 Å². The summed E-state index contributed by atoms with van der Waals surface area (Å²) in [5.41, 5.74) is 2.58. The molecule has 1 heterocycles. The number of aryl methyl sites for hydroxylation is 1. The summed E-state index contributed by atoms with van der Waals surface area (Å²) in [5, 5.41) is 4.58. The second-order valence-corrected chi connectivity index (χ2v) is 5.07. The lowest BCUT2D eigenvalue weighted by Crippen LogP contribution is -2.14. The SMILES string of the molecule is CCCNCc1cnc(SCCC)c(C)c1. The van der Waals surface area contributed by atoms with Crippen LogP contribution in [0.4, 0.5) is 0 Å². The second-order valence-electron chi connectivity index (χ2n) is 3.99. The fourth-order valence-corrected chi connectivity index (χ4v) is 2.29. The van der Waals surface area contributed by atoms with Crippen LogP contribution in [0.1, 0.15) is 37.8 Å². The van der Waals surface area contributed by atoms with Crippen molar-refractivity contribution in [2.75, 3.05) is 12.3 Å². The van der Waals surface area contributed by atoms with E-state index in [0.717, 1.165) is 18.8 Å². The summed E-state index contributed by atoms with van der Waals surface area (Å²) in [6, 6.07) is 2.24. The van der Waals surface area contributed by atoms with Crippen LogP contribution in [0.15, 0.2) is 17.3 Å². The van der Waals surface area contributed by atoms with Crippen LogP contribution in [0.3, 0.4) is 0 Å². The Kier molecular flexibility index (Phi) is 6.50. The summed E-state index contributed by atoms with van der Waals surface area (Å²) in [6.45, 7) is 8.53. The monoisotopic (exact) mass is 238 g/mol. The molecule has 90 valence electrons. The molecule has 0 aliphatic heterocycles. The number of hydrogen-bond acceptors (Lipinski definition) is 3. The molecule has 0 radical (unpaired) electrons. The zero-order valence-corrected chi connectivity index (χ0v) is 11.4. The van der Waals surface area contributed by atoms with Gasteiger partial charge in [0.2, 0.25) is 0 Å². The summed E-state index contributed by atoms with van der Waals surface area (Å²) in [5.74, 6) is 1.15. The molecule has 0 unspecified atom stereocenters. The zero-order valence-electron chi connectivity index (χ0n) is 10.5. The highest BCUT2D eigenvalue weighted by molar-refractivity contribution is 7.99. The zero-order chi connectivity index (χ0) is 11.8. The first kappa shape index (κ1) is 13.5. The highest BCUT2D eigenvalue weighted by Gasteiger charge is 2.01. The van der Waals surface area contributed by atoms with Gasteiger partial charge in [0.15, 0.2) is 0 Å². The second kappa shape index (κ2) is 7.69. The number of hydrogen-bond donors (Lipinski definition) is 1. The average molecular weight is 238 g/mol. The van der Waals surface area contributed by atoms with Crippen LogP contribution in [0.2, 0.25) is 0 Å². The Bertz CT molecular complexity index is 313. The first-order valence-electron chi connectivity index (χ1n) is 6.07. The molecule has 0 bridgehead atoms. The third-order valence-corrected chi connectivity index (χ3v) is 3.60. The molecule has 0 amide bonds. The lowest BCUT2D eigenvalue weighted by molar-refractivity contribution is 0.672. The molecule has 0 saturated heterocycles. The molecule has 0 atom stereocenters. The summed E-state index contributed by atoms with van der Waals surface area (Å²) < 4.78 is 0. The quantitative estimate of drug-likeness (QED) is 0.582. The number of pyridine rings is 1. The van der Waals surface area contributed by atoms with Crippen molar-refractivity contribution >= 4 is 11.8 Å². The molecule has 0 aliphatic rings. The summed E-state index contributed by atoms with van der Waals surface area (Å²) in [7, 11) is 0. The summed E-state index contributed by atoms with van der Waals surface area (Å²) in [6.07, 6.45) is 4.37. The minimum atomic E-state index is 0.931. The van der Waals surface area contributed by atoms with E-state index in [-0.39, 0.29) is 0 Å². The molecule has 0 spiro atoms. The molecule has 0 fully saturated rings. The van der Waals surface area contributed by atoms with Crippen LogP contribution in [0.25, 0.3) is 0 Å². The summed E-state index contributed by atoms with van der Waals surface area (Å²) >= 11 is 1.85. The van der Waals surface area contributed by atoms with Crippen molar-refractivity contribution in [2.24, 2.45) is 0 Å². The molecular formula is C13H22N2S.